The molecule has 0 bridgehead atoms. The van der Waals surface area contributed by atoms with Crippen LogP contribution >= 0.6 is 0 Å². The van der Waals surface area contributed by atoms with Crippen molar-refractivity contribution < 1.29 is 20.1 Å². The van der Waals surface area contributed by atoms with Gasteiger partial charge in [-0.3, -0.25) is 0 Å². The van der Waals surface area contributed by atoms with Gasteiger partial charge < -0.3 is 20.1 Å². The predicted molar refractivity (Wildman–Crippen MR) is 33.2 cm³/mol. The van der Waals surface area contributed by atoms with E-state index in [1.165, 1.54) is 6.92 Å². The summed E-state index contributed by atoms with van der Waals surface area (Å²) in [5.41, 5.74) is 0. The minimum absolute atomic E-state index is 0.509. The maximum absolute atomic E-state index is 9.17. The quantitative estimate of drug-likeness (QED) is 0.405. The van der Waals surface area contributed by atoms with E-state index in [9.17, 15) is 5.11 Å². The van der Waals surface area contributed by atoms with Crippen LogP contribution < -0.4 is 0 Å². The molecule has 0 saturated carbocycles. The standard InChI is InChI=1S/C6H12O4/c1-3-4(7)5(8)6(2,9)10-3/h3-5,7-9H,1-2H3/t3?,4?,5?,6-/m0/s1. The Morgan fingerprint density at radius 2 is 1.90 bits per heavy atom. The van der Waals surface area contributed by atoms with Gasteiger partial charge in [0.2, 0.25) is 0 Å². The molecule has 10 heavy (non-hydrogen) atoms. The van der Waals surface area contributed by atoms with Gasteiger partial charge in [0.05, 0.1) is 6.10 Å². The molecule has 4 heteroatoms. The third-order valence-electron chi connectivity index (χ3n) is 1.78. The van der Waals surface area contributed by atoms with E-state index >= 15 is 0 Å². The second-order valence-corrected chi connectivity index (χ2v) is 2.81. The average Bonchev–Trinajstić information content (AvgIpc) is 1.95. The molecule has 1 heterocycles. The summed E-state index contributed by atoms with van der Waals surface area (Å²) in [6, 6.07) is 0. The fraction of sp³-hybridized carbons (Fsp3) is 1.00. The van der Waals surface area contributed by atoms with Crippen LogP contribution in [-0.4, -0.2) is 39.4 Å². The van der Waals surface area contributed by atoms with Crippen molar-refractivity contribution in [3.63, 3.8) is 0 Å². The van der Waals surface area contributed by atoms with Gasteiger partial charge in [-0.05, 0) is 13.8 Å². The van der Waals surface area contributed by atoms with Crippen LogP contribution in [0.2, 0.25) is 0 Å². The lowest BCUT2D eigenvalue weighted by Gasteiger charge is -2.19. The minimum atomic E-state index is -1.60. The lowest BCUT2D eigenvalue weighted by atomic mass is 10.1. The van der Waals surface area contributed by atoms with Gasteiger partial charge in [-0.1, -0.05) is 0 Å². The average molecular weight is 148 g/mol. The van der Waals surface area contributed by atoms with Gasteiger partial charge in [0, 0.05) is 0 Å². The largest absolute Gasteiger partial charge is 0.387 e. The highest BCUT2D eigenvalue weighted by Crippen LogP contribution is 2.27. The summed E-state index contributed by atoms with van der Waals surface area (Å²) >= 11 is 0. The molecule has 60 valence electrons. The SMILES string of the molecule is CC1O[C@](C)(O)C(O)C1O. The lowest BCUT2D eigenvalue weighted by Crippen LogP contribution is -2.40. The topological polar surface area (TPSA) is 69.9 Å². The van der Waals surface area contributed by atoms with Gasteiger partial charge >= 0.3 is 0 Å². The van der Waals surface area contributed by atoms with Gasteiger partial charge in [0.15, 0.2) is 5.79 Å². The Morgan fingerprint density at radius 3 is 2.00 bits per heavy atom. The van der Waals surface area contributed by atoms with Crippen molar-refractivity contribution >= 4 is 0 Å². The molecule has 1 fully saturated rings. The van der Waals surface area contributed by atoms with Crippen LogP contribution in [0.25, 0.3) is 0 Å². The monoisotopic (exact) mass is 148 g/mol. The van der Waals surface area contributed by atoms with Crippen molar-refractivity contribution in [2.75, 3.05) is 0 Å². The molecule has 0 aromatic rings. The van der Waals surface area contributed by atoms with Crippen molar-refractivity contribution in [3.05, 3.63) is 0 Å². The third kappa shape index (κ3) is 1.03. The highest BCUT2D eigenvalue weighted by molar-refractivity contribution is 4.90. The molecule has 4 nitrogen and oxygen atoms in total. The highest BCUT2D eigenvalue weighted by atomic mass is 16.7. The first-order chi connectivity index (χ1) is 4.45. The summed E-state index contributed by atoms with van der Waals surface area (Å²) in [7, 11) is 0. The number of hydrogen-bond acceptors (Lipinski definition) is 4. The van der Waals surface area contributed by atoms with Crippen LogP contribution in [0.15, 0.2) is 0 Å². The molecule has 0 amide bonds. The van der Waals surface area contributed by atoms with Crippen LogP contribution in [0, 0.1) is 0 Å². The number of ether oxygens (including phenoxy) is 1. The summed E-state index contributed by atoms with van der Waals surface area (Å²) in [5.74, 6) is -1.60. The maximum Gasteiger partial charge on any atom is 0.192 e. The molecule has 4 atom stereocenters. The van der Waals surface area contributed by atoms with E-state index in [0.29, 0.717) is 0 Å². The smallest absolute Gasteiger partial charge is 0.192 e. The third-order valence-corrected chi connectivity index (χ3v) is 1.78. The Labute approximate surface area is 59.1 Å². The van der Waals surface area contributed by atoms with E-state index in [2.05, 4.69) is 0 Å². The van der Waals surface area contributed by atoms with E-state index in [1.54, 1.807) is 6.92 Å². The minimum Gasteiger partial charge on any atom is -0.387 e. The first-order valence-corrected chi connectivity index (χ1v) is 3.21. The molecule has 0 aliphatic carbocycles. The Bertz CT molecular complexity index is 134. The lowest BCUT2D eigenvalue weighted by molar-refractivity contribution is -0.212. The normalized spacial score (nSPS) is 55.5. The molecule has 1 rings (SSSR count). The Hall–Kier alpha value is -0.160. The second kappa shape index (κ2) is 2.17. The molecule has 0 aromatic carbocycles. The molecule has 1 saturated heterocycles. The van der Waals surface area contributed by atoms with E-state index < -0.39 is 24.1 Å². The predicted octanol–water partition coefficient (Wildman–Crippen LogP) is -1.16. The first-order valence-electron chi connectivity index (χ1n) is 3.21. The second-order valence-electron chi connectivity index (χ2n) is 2.81. The molecule has 0 radical (unpaired) electrons. The van der Waals surface area contributed by atoms with Crippen LogP contribution in [-0.2, 0) is 4.74 Å². The van der Waals surface area contributed by atoms with Crippen LogP contribution in [0.3, 0.4) is 0 Å². The van der Waals surface area contributed by atoms with E-state index in [4.69, 9.17) is 14.9 Å². The zero-order chi connectivity index (χ0) is 7.94. The molecule has 3 unspecified atom stereocenters. The highest BCUT2D eigenvalue weighted by Gasteiger charge is 2.48. The van der Waals surface area contributed by atoms with Crippen molar-refractivity contribution in [2.45, 2.75) is 37.9 Å². The number of rotatable bonds is 0. The van der Waals surface area contributed by atoms with Gasteiger partial charge in [0.1, 0.15) is 12.2 Å². The van der Waals surface area contributed by atoms with Gasteiger partial charge in [-0.25, -0.2) is 0 Å². The molecule has 0 spiro atoms. The molecular weight excluding hydrogens is 136 g/mol. The van der Waals surface area contributed by atoms with E-state index in [0.717, 1.165) is 0 Å². The van der Waals surface area contributed by atoms with Crippen molar-refractivity contribution in [2.24, 2.45) is 0 Å². The number of aliphatic hydroxyl groups is 3. The van der Waals surface area contributed by atoms with E-state index in [-0.39, 0.29) is 0 Å². The van der Waals surface area contributed by atoms with Crippen molar-refractivity contribution in [3.8, 4) is 0 Å². The summed E-state index contributed by atoms with van der Waals surface area (Å²) in [4.78, 5) is 0. The van der Waals surface area contributed by atoms with Gasteiger partial charge in [-0.15, -0.1) is 0 Å². The Morgan fingerprint density at radius 1 is 1.40 bits per heavy atom. The van der Waals surface area contributed by atoms with Crippen LogP contribution in [0.5, 0.6) is 0 Å². The van der Waals surface area contributed by atoms with E-state index in [1.807, 2.05) is 0 Å². The Balaban J connectivity index is 2.71. The van der Waals surface area contributed by atoms with Crippen LogP contribution in [0.1, 0.15) is 13.8 Å². The molecular formula is C6H12O4. The molecule has 3 N–H and O–H groups in total. The van der Waals surface area contributed by atoms with Gasteiger partial charge in [0.25, 0.3) is 0 Å². The summed E-state index contributed by atoms with van der Waals surface area (Å²) < 4.78 is 4.83. The summed E-state index contributed by atoms with van der Waals surface area (Å²) in [6.07, 6.45) is -2.71. The maximum atomic E-state index is 9.17. The van der Waals surface area contributed by atoms with Crippen LogP contribution in [0.4, 0.5) is 0 Å². The zero-order valence-corrected chi connectivity index (χ0v) is 5.98. The summed E-state index contributed by atoms with van der Waals surface area (Å²) in [6.45, 7) is 2.92. The summed E-state index contributed by atoms with van der Waals surface area (Å²) in [5, 5.41) is 27.3. The molecule has 1 aliphatic rings. The Kier molecular flexibility index (Phi) is 1.72. The van der Waals surface area contributed by atoms with Crippen molar-refractivity contribution in [1.82, 2.24) is 0 Å². The molecule has 1 aliphatic heterocycles. The fourth-order valence-electron chi connectivity index (χ4n) is 1.09. The van der Waals surface area contributed by atoms with Crippen molar-refractivity contribution in [1.29, 1.82) is 0 Å². The zero-order valence-electron chi connectivity index (χ0n) is 5.98. The fourth-order valence-corrected chi connectivity index (χ4v) is 1.09. The molecule has 0 aromatic heterocycles. The number of aliphatic hydroxyl groups excluding tert-OH is 2. The van der Waals surface area contributed by atoms with Gasteiger partial charge in [-0.2, -0.15) is 0 Å². The first kappa shape index (κ1) is 7.94. The number of hydrogen-bond donors (Lipinski definition) is 3.